The minimum absolute atomic E-state index is 0.727. The van der Waals surface area contributed by atoms with Gasteiger partial charge in [-0.1, -0.05) is 71.6 Å². The molecule has 0 aliphatic carbocycles. The van der Waals surface area contributed by atoms with Gasteiger partial charge in [0.1, 0.15) is 0 Å². The van der Waals surface area contributed by atoms with Crippen molar-refractivity contribution in [1.82, 2.24) is 4.98 Å². The molecular weight excluding hydrogens is 250 g/mol. The molecule has 1 heterocycles. The van der Waals surface area contributed by atoms with Crippen molar-refractivity contribution in [1.29, 1.82) is 0 Å². The Bertz CT molecular complexity index is 281. The lowest BCUT2D eigenvalue weighted by Gasteiger charge is -2.14. The lowest BCUT2D eigenvalue weighted by Crippen LogP contribution is -2.00. The zero-order valence-electron chi connectivity index (χ0n) is 12.9. The van der Waals surface area contributed by atoms with Crippen LogP contribution in [0.25, 0.3) is 0 Å². The highest BCUT2D eigenvalue weighted by molar-refractivity contribution is 7.07. The molecule has 0 amide bonds. The Hall–Kier alpha value is -0.370. The predicted octanol–water partition coefficient (Wildman–Crippen LogP) is 6.56. The molecule has 0 aliphatic rings. The van der Waals surface area contributed by atoms with Gasteiger partial charge in [-0.05, 0) is 12.8 Å². The molecule has 0 saturated heterocycles. The van der Waals surface area contributed by atoms with Gasteiger partial charge in [0.05, 0.1) is 11.2 Å². The molecule has 1 rings (SSSR count). The molecule has 1 aromatic rings. The summed E-state index contributed by atoms with van der Waals surface area (Å²) in [6.07, 6.45) is 15.1. The first kappa shape index (κ1) is 16.7. The molecule has 0 aromatic carbocycles. The first-order valence-corrected chi connectivity index (χ1v) is 9.20. The van der Waals surface area contributed by atoms with Crippen LogP contribution < -0.4 is 0 Å². The standard InChI is InChI=1S/C17H31NS/c1-3-5-7-9-11-13-16(12-10-8-6-4-2)17-14-19-15-18-17/h14-16H,3-13H2,1-2H3. The van der Waals surface area contributed by atoms with Crippen LogP contribution in [0.2, 0.25) is 0 Å². The Morgan fingerprint density at radius 1 is 0.895 bits per heavy atom. The topological polar surface area (TPSA) is 12.9 Å². The number of nitrogens with zero attached hydrogens (tertiary/aromatic N) is 1. The largest absolute Gasteiger partial charge is 0.249 e. The van der Waals surface area contributed by atoms with Crippen LogP contribution in [0.4, 0.5) is 0 Å². The third-order valence-corrected chi connectivity index (χ3v) is 4.54. The number of hydrogen-bond acceptors (Lipinski definition) is 2. The SMILES string of the molecule is CCCCCCCC(CCCCCC)c1cscn1. The molecule has 110 valence electrons. The first-order chi connectivity index (χ1) is 9.38. The third kappa shape index (κ3) is 7.71. The van der Waals surface area contributed by atoms with E-state index in [1.807, 2.05) is 5.51 Å². The molecule has 1 unspecified atom stereocenters. The monoisotopic (exact) mass is 281 g/mol. The zero-order valence-corrected chi connectivity index (χ0v) is 13.7. The van der Waals surface area contributed by atoms with E-state index in [2.05, 4.69) is 24.2 Å². The normalized spacial score (nSPS) is 12.7. The Kier molecular flexibility index (Phi) is 10.1. The van der Waals surface area contributed by atoms with Crippen LogP contribution in [-0.2, 0) is 0 Å². The van der Waals surface area contributed by atoms with Crippen LogP contribution in [0, 0.1) is 0 Å². The van der Waals surface area contributed by atoms with Gasteiger partial charge in [-0.25, -0.2) is 4.98 Å². The molecule has 0 aliphatic heterocycles. The Balaban J connectivity index is 2.25. The van der Waals surface area contributed by atoms with Crippen molar-refractivity contribution in [2.75, 3.05) is 0 Å². The highest BCUT2D eigenvalue weighted by atomic mass is 32.1. The average molecular weight is 282 g/mol. The number of thiazole rings is 1. The second-order valence-electron chi connectivity index (χ2n) is 5.66. The summed E-state index contributed by atoms with van der Waals surface area (Å²) in [4.78, 5) is 4.55. The molecule has 0 saturated carbocycles. The van der Waals surface area contributed by atoms with E-state index in [-0.39, 0.29) is 0 Å². The first-order valence-electron chi connectivity index (χ1n) is 8.26. The second kappa shape index (κ2) is 11.5. The van der Waals surface area contributed by atoms with E-state index in [0.29, 0.717) is 0 Å². The molecule has 1 atom stereocenters. The second-order valence-corrected chi connectivity index (χ2v) is 6.38. The maximum Gasteiger partial charge on any atom is 0.0794 e. The van der Waals surface area contributed by atoms with Crippen LogP contribution in [0.15, 0.2) is 10.9 Å². The van der Waals surface area contributed by atoms with Crippen LogP contribution in [-0.4, -0.2) is 4.98 Å². The van der Waals surface area contributed by atoms with Crippen molar-refractivity contribution in [2.24, 2.45) is 0 Å². The highest BCUT2D eigenvalue weighted by Gasteiger charge is 2.12. The van der Waals surface area contributed by atoms with Gasteiger partial charge >= 0.3 is 0 Å². The lowest BCUT2D eigenvalue weighted by atomic mass is 9.92. The van der Waals surface area contributed by atoms with E-state index in [1.54, 1.807) is 11.3 Å². The van der Waals surface area contributed by atoms with Gasteiger partial charge in [0, 0.05) is 11.3 Å². The molecule has 0 spiro atoms. The van der Waals surface area contributed by atoms with E-state index < -0.39 is 0 Å². The Morgan fingerprint density at radius 2 is 1.47 bits per heavy atom. The fourth-order valence-electron chi connectivity index (χ4n) is 2.68. The molecule has 1 aromatic heterocycles. The fraction of sp³-hybridized carbons (Fsp3) is 0.824. The number of hydrogen-bond donors (Lipinski definition) is 0. The highest BCUT2D eigenvalue weighted by Crippen LogP contribution is 2.28. The quantitative estimate of drug-likeness (QED) is 0.395. The summed E-state index contributed by atoms with van der Waals surface area (Å²) < 4.78 is 0. The van der Waals surface area contributed by atoms with Crippen molar-refractivity contribution >= 4 is 11.3 Å². The van der Waals surface area contributed by atoms with Gasteiger partial charge in [0.25, 0.3) is 0 Å². The van der Waals surface area contributed by atoms with Crippen molar-refractivity contribution < 1.29 is 0 Å². The summed E-state index contributed by atoms with van der Waals surface area (Å²) in [7, 11) is 0. The van der Waals surface area contributed by atoms with Crippen molar-refractivity contribution in [2.45, 2.75) is 90.4 Å². The summed E-state index contributed by atoms with van der Waals surface area (Å²) in [5.74, 6) is 0.727. The van der Waals surface area contributed by atoms with Gasteiger partial charge in [0.15, 0.2) is 0 Å². The van der Waals surface area contributed by atoms with Gasteiger partial charge < -0.3 is 0 Å². The minimum atomic E-state index is 0.727. The van der Waals surface area contributed by atoms with Gasteiger partial charge in [-0.2, -0.15) is 0 Å². The molecule has 2 heteroatoms. The van der Waals surface area contributed by atoms with Crippen LogP contribution >= 0.6 is 11.3 Å². The maximum atomic E-state index is 4.55. The van der Waals surface area contributed by atoms with Crippen LogP contribution in [0.5, 0.6) is 0 Å². The van der Waals surface area contributed by atoms with E-state index in [1.165, 1.54) is 76.3 Å². The van der Waals surface area contributed by atoms with Gasteiger partial charge in [-0.15, -0.1) is 11.3 Å². The maximum absolute atomic E-state index is 4.55. The van der Waals surface area contributed by atoms with Crippen molar-refractivity contribution in [3.05, 3.63) is 16.6 Å². The summed E-state index contributed by atoms with van der Waals surface area (Å²) in [5.41, 5.74) is 3.35. The predicted molar refractivity (Wildman–Crippen MR) is 87.0 cm³/mol. The minimum Gasteiger partial charge on any atom is -0.249 e. The third-order valence-electron chi connectivity index (χ3n) is 3.93. The smallest absolute Gasteiger partial charge is 0.0794 e. The van der Waals surface area contributed by atoms with Gasteiger partial charge in [0.2, 0.25) is 0 Å². The van der Waals surface area contributed by atoms with E-state index >= 15 is 0 Å². The van der Waals surface area contributed by atoms with E-state index in [4.69, 9.17) is 0 Å². The van der Waals surface area contributed by atoms with Crippen molar-refractivity contribution in [3.63, 3.8) is 0 Å². The molecular formula is C17H31NS. The van der Waals surface area contributed by atoms with Crippen molar-refractivity contribution in [3.8, 4) is 0 Å². The molecule has 0 radical (unpaired) electrons. The van der Waals surface area contributed by atoms with E-state index in [0.717, 1.165) is 5.92 Å². The Morgan fingerprint density at radius 3 is 2.00 bits per heavy atom. The zero-order chi connectivity index (χ0) is 13.8. The molecule has 1 nitrogen and oxygen atoms in total. The molecule has 0 N–H and O–H groups in total. The molecule has 0 bridgehead atoms. The number of unbranched alkanes of at least 4 members (excludes halogenated alkanes) is 7. The Labute approximate surface area is 123 Å². The van der Waals surface area contributed by atoms with Crippen LogP contribution in [0.3, 0.4) is 0 Å². The summed E-state index contributed by atoms with van der Waals surface area (Å²) in [5, 5.41) is 2.26. The average Bonchev–Trinajstić information content (AvgIpc) is 2.95. The van der Waals surface area contributed by atoms with Gasteiger partial charge in [-0.3, -0.25) is 0 Å². The summed E-state index contributed by atoms with van der Waals surface area (Å²) in [6.45, 7) is 4.57. The molecule has 0 fully saturated rings. The van der Waals surface area contributed by atoms with Crippen LogP contribution in [0.1, 0.15) is 96.1 Å². The van der Waals surface area contributed by atoms with E-state index in [9.17, 15) is 0 Å². The fourth-order valence-corrected chi connectivity index (χ4v) is 3.31. The summed E-state index contributed by atoms with van der Waals surface area (Å²) in [6, 6.07) is 0. The lowest BCUT2D eigenvalue weighted by molar-refractivity contribution is 0.487. The number of aromatic nitrogens is 1. The summed E-state index contributed by atoms with van der Waals surface area (Å²) >= 11 is 1.75. The molecule has 19 heavy (non-hydrogen) atoms. The number of rotatable bonds is 12.